The molecule has 1 atom stereocenters. The van der Waals surface area contributed by atoms with Gasteiger partial charge in [0.05, 0.1) is 26.8 Å². The molecule has 226 valence electrons. The molecule has 1 aliphatic rings. The average molecular weight is 626 g/mol. The zero-order chi connectivity index (χ0) is 30.8. The molecular formula is C34H35N5O3S2. The highest BCUT2D eigenvalue weighted by Gasteiger charge is 2.51. The van der Waals surface area contributed by atoms with Crippen molar-refractivity contribution >= 4 is 56.5 Å². The molecule has 2 aromatic heterocycles. The Morgan fingerprint density at radius 2 is 1.59 bits per heavy atom. The molecule has 1 aliphatic carbocycles. The molecule has 2 amide bonds. The van der Waals surface area contributed by atoms with Crippen LogP contribution in [0.2, 0.25) is 0 Å². The van der Waals surface area contributed by atoms with Crippen LogP contribution < -0.4 is 15.8 Å². The van der Waals surface area contributed by atoms with Crippen molar-refractivity contribution in [3.63, 3.8) is 0 Å². The maximum Gasteiger partial charge on any atom is 0.295 e. The van der Waals surface area contributed by atoms with Gasteiger partial charge in [-0.25, -0.2) is 9.67 Å². The molecule has 44 heavy (non-hydrogen) atoms. The van der Waals surface area contributed by atoms with Gasteiger partial charge in [-0.05, 0) is 63.1 Å². The number of benzene rings is 3. The zero-order valence-corrected chi connectivity index (χ0v) is 26.7. The van der Waals surface area contributed by atoms with Crippen molar-refractivity contribution in [3.8, 4) is 5.69 Å². The van der Waals surface area contributed by atoms with Crippen molar-refractivity contribution < 1.29 is 9.59 Å². The number of para-hydroxylation sites is 3. The van der Waals surface area contributed by atoms with E-state index in [-0.39, 0.29) is 23.1 Å². The van der Waals surface area contributed by atoms with E-state index in [0.29, 0.717) is 29.9 Å². The molecule has 0 saturated heterocycles. The Bertz CT molecular complexity index is 1820. The predicted octanol–water partition coefficient (Wildman–Crippen LogP) is 6.95. The van der Waals surface area contributed by atoms with Crippen LogP contribution in [0.25, 0.3) is 15.9 Å². The van der Waals surface area contributed by atoms with E-state index in [4.69, 9.17) is 4.98 Å². The Hall–Kier alpha value is -4.15. The maximum absolute atomic E-state index is 14.8. The number of hydrogen-bond donors (Lipinski definition) is 1. The SMILES string of the molecule is Cc1c(N(C(=O)C(C)Sc2nc3ccccc3s2)C2(C(=O)Nc3ccccc3)CCCCC2)c(=O)n(-c2ccccc2)n1C. The maximum atomic E-state index is 14.8. The summed E-state index contributed by atoms with van der Waals surface area (Å²) in [6.07, 6.45) is 3.40. The van der Waals surface area contributed by atoms with E-state index in [1.165, 1.54) is 23.1 Å². The number of amides is 2. The van der Waals surface area contributed by atoms with Crippen LogP contribution in [0.5, 0.6) is 0 Å². The topological polar surface area (TPSA) is 89.2 Å². The van der Waals surface area contributed by atoms with Crippen LogP contribution in [0.4, 0.5) is 11.4 Å². The van der Waals surface area contributed by atoms with Crippen molar-refractivity contribution in [2.24, 2.45) is 7.05 Å². The van der Waals surface area contributed by atoms with Crippen LogP contribution in [-0.4, -0.2) is 37.0 Å². The van der Waals surface area contributed by atoms with Crippen LogP contribution >= 0.6 is 23.1 Å². The number of carbonyl (C=O) groups is 2. The van der Waals surface area contributed by atoms with E-state index < -0.39 is 10.8 Å². The summed E-state index contributed by atoms with van der Waals surface area (Å²) < 4.78 is 5.15. The number of aromatic nitrogens is 3. The van der Waals surface area contributed by atoms with Gasteiger partial charge >= 0.3 is 0 Å². The molecule has 0 aliphatic heterocycles. The molecule has 0 bridgehead atoms. The highest BCUT2D eigenvalue weighted by Crippen LogP contribution is 2.41. The van der Waals surface area contributed by atoms with Gasteiger partial charge in [-0.15, -0.1) is 11.3 Å². The van der Waals surface area contributed by atoms with Crippen LogP contribution in [-0.2, 0) is 16.6 Å². The fourth-order valence-corrected chi connectivity index (χ4v) is 8.34. The zero-order valence-electron chi connectivity index (χ0n) is 25.0. The van der Waals surface area contributed by atoms with Gasteiger partial charge in [-0.2, -0.15) is 0 Å². The number of thioether (sulfide) groups is 1. The van der Waals surface area contributed by atoms with Crippen LogP contribution in [0.1, 0.15) is 44.7 Å². The molecule has 0 spiro atoms. The Morgan fingerprint density at radius 1 is 0.955 bits per heavy atom. The lowest BCUT2D eigenvalue weighted by molar-refractivity contribution is -0.128. The molecule has 8 nitrogen and oxygen atoms in total. The number of thiazole rings is 1. The molecule has 2 heterocycles. The van der Waals surface area contributed by atoms with Crippen molar-refractivity contribution in [1.29, 1.82) is 0 Å². The molecule has 10 heteroatoms. The van der Waals surface area contributed by atoms with E-state index >= 15 is 0 Å². The summed E-state index contributed by atoms with van der Waals surface area (Å²) in [6.45, 7) is 3.68. The quantitative estimate of drug-likeness (QED) is 0.189. The number of nitrogens with one attached hydrogen (secondary N) is 1. The Labute approximate surface area is 264 Å². The molecule has 1 saturated carbocycles. The first-order valence-corrected chi connectivity index (χ1v) is 16.6. The molecule has 6 rings (SSSR count). The monoisotopic (exact) mass is 625 g/mol. The third-order valence-electron chi connectivity index (χ3n) is 8.43. The minimum Gasteiger partial charge on any atom is -0.324 e. The summed E-state index contributed by atoms with van der Waals surface area (Å²) >= 11 is 2.90. The third kappa shape index (κ3) is 5.48. The van der Waals surface area contributed by atoms with Gasteiger partial charge in [0.1, 0.15) is 11.2 Å². The smallest absolute Gasteiger partial charge is 0.295 e. The summed E-state index contributed by atoms with van der Waals surface area (Å²) in [5.74, 6) is -0.562. The Balaban J connectivity index is 1.48. The summed E-state index contributed by atoms with van der Waals surface area (Å²) in [6, 6.07) is 26.5. The van der Waals surface area contributed by atoms with Crippen molar-refractivity contribution in [1.82, 2.24) is 14.3 Å². The highest BCUT2D eigenvalue weighted by molar-refractivity contribution is 8.02. The first-order chi connectivity index (χ1) is 21.3. The number of carbonyl (C=O) groups excluding carboxylic acids is 2. The first kappa shape index (κ1) is 29.9. The number of anilines is 2. The number of rotatable bonds is 8. The summed E-state index contributed by atoms with van der Waals surface area (Å²) in [7, 11) is 1.81. The fourth-order valence-electron chi connectivity index (χ4n) is 6.09. The van der Waals surface area contributed by atoms with Gasteiger partial charge in [0.25, 0.3) is 11.5 Å². The lowest BCUT2D eigenvalue weighted by Gasteiger charge is -2.45. The summed E-state index contributed by atoms with van der Waals surface area (Å²) in [5, 5.41) is 2.48. The lowest BCUT2D eigenvalue weighted by atomic mass is 9.78. The van der Waals surface area contributed by atoms with E-state index in [9.17, 15) is 14.4 Å². The Kier molecular flexibility index (Phi) is 8.46. The first-order valence-electron chi connectivity index (χ1n) is 14.9. The summed E-state index contributed by atoms with van der Waals surface area (Å²) in [4.78, 5) is 50.0. The molecule has 0 radical (unpaired) electrons. The van der Waals surface area contributed by atoms with E-state index in [0.717, 1.165) is 33.8 Å². The van der Waals surface area contributed by atoms with Gasteiger partial charge in [0.15, 0.2) is 4.34 Å². The van der Waals surface area contributed by atoms with Crippen LogP contribution in [0, 0.1) is 6.92 Å². The predicted molar refractivity (Wildman–Crippen MR) is 179 cm³/mol. The summed E-state index contributed by atoms with van der Waals surface area (Å²) in [5.41, 5.74) is 1.49. The van der Waals surface area contributed by atoms with Gasteiger partial charge in [0.2, 0.25) is 5.91 Å². The molecule has 1 unspecified atom stereocenters. The highest BCUT2D eigenvalue weighted by atomic mass is 32.2. The molecule has 3 aromatic carbocycles. The number of fused-ring (bicyclic) bond motifs is 1. The second kappa shape index (κ2) is 12.5. The molecular weight excluding hydrogens is 591 g/mol. The average Bonchev–Trinajstić information content (AvgIpc) is 3.55. The standard InChI is InChI=1S/C34H35N5O3S2/c1-23-29(31(41)39(37(23)3)26-17-9-5-10-18-26)38(30(40)24(2)43-33-36-27-19-11-12-20-28(27)44-33)34(21-13-6-14-22-34)32(42)35-25-15-7-4-8-16-25/h4-5,7-12,15-20,24H,6,13-14,21-22H2,1-3H3,(H,35,42). The van der Waals surface area contributed by atoms with Gasteiger partial charge in [-0.1, -0.05) is 79.6 Å². The fraction of sp³-hybridized carbons (Fsp3) is 0.294. The largest absolute Gasteiger partial charge is 0.324 e. The second-order valence-corrected chi connectivity index (χ2v) is 13.8. The van der Waals surface area contributed by atoms with Crippen LogP contribution in [0.15, 0.2) is 94.1 Å². The van der Waals surface area contributed by atoms with E-state index in [1.54, 1.807) is 14.3 Å². The number of nitrogens with zero attached hydrogens (tertiary/aromatic N) is 4. The van der Waals surface area contributed by atoms with Crippen molar-refractivity contribution in [2.75, 3.05) is 10.2 Å². The van der Waals surface area contributed by atoms with Gasteiger partial charge < -0.3 is 5.32 Å². The van der Waals surface area contributed by atoms with Crippen LogP contribution in [0.3, 0.4) is 0 Å². The molecule has 5 aromatic rings. The number of hydrogen-bond acceptors (Lipinski definition) is 6. The van der Waals surface area contributed by atoms with E-state index in [1.807, 2.05) is 106 Å². The second-order valence-electron chi connectivity index (χ2n) is 11.2. The Morgan fingerprint density at radius 3 is 2.27 bits per heavy atom. The van der Waals surface area contributed by atoms with Gasteiger partial charge in [-0.3, -0.25) is 24.0 Å². The third-order valence-corrected chi connectivity index (χ3v) is 10.6. The van der Waals surface area contributed by atoms with Gasteiger partial charge in [0, 0.05) is 12.7 Å². The van der Waals surface area contributed by atoms with E-state index in [2.05, 4.69) is 5.32 Å². The van der Waals surface area contributed by atoms with Crippen molar-refractivity contribution in [3.05, 3.63) is 101 Å². The minimum atomic E-state index is -1.24. The van der Waals surface area contributed by atoms with Crippen molar-refractivity contribution in [2.45, 2.75) is 61.1 Å². The normalized spacial score (nSPS) is 15.2. The minimum absolute atomic E-state index is 0.239. The molecule has 1 N–H and O–H groups in total. The molecule has 1 fully saturated rings. The lowest BCUT2D eigenvalue weighted by Crippen LogP contribution is -2.63.